The smallest absolute Gasteiger partial charge is 0.328 e. The summed E-state index contributed by atoms with van der Waals surface area (Å²) >= 11 is 0. The summed E-state index contributed by atoms with van der Waals surface area (Å²) in [6.07, 6.45) is -0.882. The number of aryl methyl sites for hydroxylation is 2. The predicted octanol–water partition coefficient (Wildman–Crippen LogP) is -1.03. The topological polar surface area (TPSA) is 61.8 Å². The van der Waals surface area contributed by atoms with Gasteiger partial charge in [0, 0.05) is 30.6 Å². The minimum atomic E-state index is -3.06. The minimum Gasteiger partial charge on any atom is -0.328 e. The van der Waals surface area contributed by atoms with Crippen molar-refractivity contribution in [1.82, 2.24) is 18.7 Å². The highest BCUT2D eigenvalue weighted by molar-refractivity contribution is 5.69. The van der Waals surface area contributed by atoms with Gasteiger partial charge in [-0.05, 0) is 0 Å². The number of nitrogens with zero attached hydrogens (tertiary/aromatic N) is 4. The third kappa shape index (κ3) is 0.876. The van der Waals surface area contributed by atoms with E-state index in [9.17, 15) is 9.59 Å². The largest absolute Gasteiger partial charge is 0.332 e. The fourth-order valence-electron chi connectivity index (χ4n) is 1.07. The Labute approximate surface area is 90.3 Å². The van der Waals surface area contributed by atoms with Crippen molar-refractivity contribution < 1.29 is 11.0 Å². The van der Waals surface area contributed by atoms with Gasteiger partial charge in [-0.3, -0.25) is 13.9 Å². The van der Waals surface area contributed by atoms with Crippen molar-refractivity contribution in [2.45, 2.75) is 0 Å². The Balaban J connectivity index is 3.19. The summed E-state index contributed by atoms with van der Waals surface area (Å²) in [6.45, 7) is -6.03. The van der Waals surface area contributed by atoms with E-state index in [1.54, 1.807) is 0 Å². The molecular formula is C8H10N4O2. The number of rotatable bonds is 0. The Morgan fingerprint density at radius 2 is 2.29 bits per heavy atom. The van der Waals surface area contributed by atoms with Gasteiger partial charge in [0.05, 0.1) is 6.30 Å². The summed E-state index contributed by atoms with van der Waals surface area (Å²) in [6, 6.07) is 0. The molecule has 2 rings (SSSR count). The van der Waals surface area contributed by atoms with Crippen LogP contribution in [0.2, 0.25) is 0 Å². The molecular weight excluding hydrogens is 184 g/mol. The van der Waals surface area contributed by atoms with Gasteiger partial charge in [-0.1, -0.05) is 0 Å². The number of hydrogen-bond acceptors (Lipinski definition) is 3. The monoisotopic (exact) mass is 202 g/mol. The lowest BCUT2D eigenvalue weighted by atomic mass is 10.5. The average molecular weight is 202 g/mol. The molecule has 0 saturated heterocycles. The molecule has 0 bridgehead atoms. The van der Waals surface area contributed by atoms with Crippen LogP contribution in [0.25, 0.3) is 11.2 Å². The van der Waals surface area contributed by atoms with Crippen molar-refractivity contribution >= 4 is 11.2 Å². The average Bonchev–Trinajstić information content (AvgIpc) is 2.64. The molecule has 0 aliphatic heterocycles. The zero-order chi connectivity index (χ0) is 17.0. The van der Waals surface area contributed by atoms with Crippen LogP contribution in [-0.2, 0) is 21.0 Å². The molecule has 6 heteroatoms. The van der Waals surface area contributed by atoms with Gasteiger partial charge >= 0.3 is 5.69 Å². The van der Waals surface area contributed by atoms with Crippen LogP contribution >= 0.6 is 0 Å². The molecule has 0 atom stereocenters. The molecule has 0 fully saturated rings. The molecule has 0 aromatic carbocycles. The molecule has 0 N–H and O–H groups in total. The maximum absolute atomic E-state index is 12.2. The first kappa shape index (κ1) is 3.38. The molecule has 74 valence electrons. The number of aromatic nitrogens is 4. The maximum atomic E-state index is 12.2. The van der Waals surface area contributed by atoms with E-state index in [4.69, 9.17) is 11.0 Å². The zero-order valence-electron chi connectivity index (χ0n) is 14.8. The third-order valence-corrected chi connectivity index (χ3v) is 1.77. The predicted molar refractivity (Wildman–Crippen MR) is 51.2 cm³/mol. The van der Waals surface area contributed by atoms with Crippen molar-refractivity contribution in [1.29, 1.82) is 0 Å². The van der Waals surface area contributed by atoms with E-state index in [0.717, 1.165) is 0 Å². The SMILES string of the molecule is [2H]Cn1c(=O)c2c(nc([2H])n2C([2H])([2H])[2H])n(C([2H])([2H])[2H])c1=O. The van der Waals surface area contributed by atoms with Gasteiger partial charge in [-0.15, -0.1) is 0 Å². The van der Waals surface area contributed by atoms with Gasteiger partial charge in [0.25, 0.3) is 5.56 Å². The molecule has 0 unspecified atom stereocenters. The summed E-state index contributed by atoms with van der Waals surface area (Å²) in [5.41, 5.74) is -3.95. The van der Waals surface area contributed by atoms with E-state index >= 15 is 0 Å². The number of hydrogen-bond donors (Lipinski definition) is 0. The van der Waals surface area contributed by atoms with Crippen molar-refractivity contribution in [2.24, 2.45) is 21.0 Å². The van der Waals surface area contributed by atoms with E-state index in [2.05, 4.69) is 4.98 Å². The number of fused-ring (bicyclic) bond motifs is 1. The highest BCUT2D eigenvalue weighted by atomic mass is 16.2. The van der Waals surface area contributed by atoms with Gasteiger partial charge in [0.1, 0.15) is 1.37 Å². The van der Waals surface area contributed by atoms with Crippen LogP contribution < -0.4 is 11.2 Å². The summed E-state index contributed by atoms with van der Waals surface area (Å²) in [4.78, 5) is 27.7. The second-order valence-corrected chi connectivity index (χ2v) is 2.57. The van der Waals surface area contributed by atoms with Gasteiger partial charge in [0.2, 0.25) is 0 Å². The van der Waals surface area contributed by atoms with E-state index in [1.807, 2.05) is 0 Å². The van der Waals surface area contributed by atoms with Crippen LogP contribution in [0.5, 0.6) is 0 Å². The lowest BCUT2D eigenvalue weighted by Gasteiger charge is -2.02. The van der Waals surface area contributed by atoms with Crippen LogP contribution in [0.4, 0.5) is 0 Å². The Morgan fingerprint density at radius 1 is 1.43 bits per heavy atom. The van der Waals surface area contributed by atoms with Gasteiger partial charge < -0.3 is 4.57 Å². The van der Waals surface area contributed by atoms with Crippen molar-refractivity contribution in [3.05, 3.63) is 27.1 Å². The highest BCUT2D eigenvalue weighted by Gasteiger charge is 2.11. The lowest BCUT2D eigenvalue weighted by Crippen LogP contribution is -2.37. The molecule has 6 nitrogen and oxygen atoms in total. The van der Waals surface area contributed by atoms with Gasteiger partial charge in [-0.2, -0.15) is 0 Å². The molecule has 0 amide bonds. The van der Waals surface area contributed by atoms with Crippen LogP contribution in [-0.4, -0.2) is 18.7 Å². The van der Waals surface area contributed by atoms with E-state index in [1.165, 1.54) is 0 Å². The van der Waals surface area contributed by atoms with Crippen LogP contribution in [0, 0.1) is 0 Å². The molecule has 0 radical (unpaired) electrons. The molecule has 2 heterocycles. The Morgan fingerprint density at radius 3 is 2.93 bits per heavy atom. The standard InChI is InChI=1S/C8H10N4O2/c1-10-4-9-6-5(10)7(13)12(3)8(14)11(6)2/h4H,1-3H3/i1D3,2D3,3D,4D. The normalized spacial score (nSPS) is 21.1. The lowest BCUT2D eigenvalue weighted by molar-refractivity contribution is 0.705. The van der Waals surface area contributed by atoms with E-state index in [0.29, 0.717) is 0 Å². The molecule has 14 heavy (non-hydrogen) atoms. The fraction of sp³-hybridized carbons (Fsp3) is 0.375. The van der Waals surface area contributed by atoms with Crippen LogP contribution in [0.15, 0.2) is 15.9 Å². The Hall–Kier alpha value is -1.85. The molecule has 0 saturated carbocycles. The summed E-state index contributed by atoms with van der Waals surface area (Å²) in [7, 11) is -0.900. The van der Waals surface area contributed by atoms with Crippen molar-refractivity contribution in [3.63, 3.8) is 0 Å². The summed E-state index contributed by atoms with van der Waals surface area (Å²) < 4.78 is 59.4. The first-order valence-corrected chi connectivity index (χ1v) is 3.46. The first-order valence-electron chi connectivity index (χ1n) is 7.67. The molecule has 0 aliphatic carbocycles. The van der Waals surface area contributed by atoms with Crippen molar-refractivity contribution in [3.8, 4) is 0 Å². The summed E-state index contributed by atoms with van der Waals surface area (Å²) in [5, 5.41) is 0. The van der Waals surface area contributed by atoms with E-state index < -0.39 is 49.7 Å². The Kier molecular flexibility index (Phi) is 0.619. The minimum absolute atomic E-state index is 0.137. The molecule has 2 aromatic heterocycles. The quantitative estimate of drug-likeness (QED) is 0.549. The molecule has 2 aromatic rings. The third-order valence-electron chi connectivity index (χ3n) is 1.77. The van der Waals surface area contributed by atoms with E-state index in [-0.39, 0.29) is 13.7 Å². The maximum Gasteiger partial charge on any atom is 0.332 e. The second-order valence-electron chi connectivity index (χ2n) is 2.57. The van der Waals surface area contributed by atoms with Gasteiger partial charge in [-0.25, -0.2) is 9.78 Å². The summed E-state index contributed by atoms with van der Waals surface area (Å²) in [5.74, 6) is 0. The molecule has 0 spiro atoms. The van der Waals surface area contributed by atoms with Gasteiger partial charge in [0.15, 0.2) is 11.2 Å². The van der Waals surface area contributed by atoms with Crippen LogP contribution in [0.3, 0.4) is 0 Å². The second kappa shape index (κ2) is 2.57. The molecule has 0 aliphatic rings. The first-order chi connectivity index (χ1) is 9.91. The van der Waals surface area contributed by atoms with Crippen LogP contribution in [0.1, 0.15) is 11.0 Å². The van der Waals surface area contributed by atoms with Crippen molar-refractivity contribution in [2.75, 3.05) is 0 Å². The zero-order valence-corrected chi connectivity index (χ0v) is 6.81. The Bertz CT molecular complexity index is 855. The fourth-order valence-corrected chi connectivity index (χ4v) is 1.07. The highest BCUT2D eigenvalue weighted by Crippen LogP contribution is 2.01. The number of imidazole rings is 1.